The zero-order chi connectivity index (χ0) is 25.2. The topological polar surface area (TPSA) is 124 Å². The molecule has 11 nitrogen and oxygen atoms in total. The standard InChI is InChI=1S/C12H21NO5.C10H19NO4/c1-9(14)17-10-7-13(5-6-16-8-10)11(15)18-12(2,3)4;1-10(2,3)15-9(13)11-4-5-14-7-8(12)6-11/h10H,5-8H2,1-4H3;8,12H,4-7H2,1-3H3. The summed E-state index contributed by atoms with van der Waals surface area (Å²) in [5, 5.41) is 9.43. The normalized spacial score (nSPS) is 22.2. The van der Waals surface area contributed by atoms with Crippen molar-refractivity contribution in [1.82, 2.24) is 9.80 Å². The van der Waals surface area contributed by atoms with Crippen molar-refractivity contribution in [3.05, 3.63) is 0 Å². The summed E-state index contributed by atoms with van der Waals surface area (Å²) in [5.74, 6) is -0.380. The van der Waals surface area contributed by atoms with E-state index in [1.165, 1.54) is 16.7 Å². The molecule has 2 rings (SSSR count). The summed E-state index contributed by atoms with van der Waals surface area (Å²) in [7, 11) is 0. The van der Waals surface area contributed by atoms with Crippen LogP contribution in [0.4, 0.5) is 9.59 Å². The Kier molecular flexibility index (Phi) is 11.4. The summed E-state index contributed by atoms with van der Waals surface area (Å²) in [6, 6.07) is 0. The number of esters is 1. The predicted molar refractivity (Wildman–Crippen MR) is 119 cm³/mol. The summed E-state index contributed by atoms with van der Waals surface area (Å²) in [5.41, 5.74) is -1.05. The Morgan fingerprint density at radius 1 is 0.818 bits per heavy atom. The molecule has 0 aromatic heterocycles. The first-order valence-electron chi connectivity index (χ1n) is 11.1. The van der Waals surface area contributed by atoms with Crippen LogP contribution < -0.4 is 0 Å². The number of β-amino-alcohol motifs (C(OH)–C–C–N with tert-alkyl or cyclic N) is 1. The van der Waals surface area contributed by atoms with Gasteiger partial charge in [0.2, 0.25) is 0 Å². The van der Waals surface area contributed by atoms with Gasteiger partial charge in [0.1, 0.15) is 17.3 Å². The lowest BCUT2D eigenvalue weighted by atomic mass is 10.2. The number of amides is 2. The Labute approximate surface area is 196 Å². The second-order valence-corrected chi connectivity index (χ2v) is 9.89. The van der Waals surface area contributed by atoms with E-state index < -0.39 is 35.6 Å². The summed E-state index contributed by atoms with van der Waals surface area (Å²) < 4.78 is 26.0. The van der Waals surface area contributed by atoms with Crippen LogP contribution in [0.15, 0.2) is 0 Å². The first-order chi connectivity index (χ1) is 15.2. The van der Waals surface area contributed by atoms with Gasteiger partial charge in [-0.15, -0.1) is 0 Å². The Balaban J connectivity index is 0.000000335. The highest BCUT2D eigenvalue weighted by Crippen LogP contribution is 2.13. The highest BCUT2D eigenvalue weighted by molar-refractivity contribution is 5.69. The number of hydrogen-bond donors (Lipinski definition) is 1. The molecule has 2 amide bonds. The maximum Gasteiger partial charge on any atom is 0.410 e. The molecule has 0 saturated carbocycles. The van der Waals surface area contributed by atoms with Crippen molar-refractivity contribution < 1.29 is 43.2 Å². The summed E-state index contributed by atoms with van der Waals surface area (Å²) in [6.07, 6.45) is -1.87. The molecule has 0 aromatic rings. The second-order valence-electron chi connectivity index (χ2n) is 9.89. The van der Waals surface area contributed by atoms with Crippen molar-refractivity contribution in [2.75, 3.05) is 52.6 Å². The maximum atomic E-state index is 11.9. The van der Waals surface area contributed by atoms with E-state index in [-0.39, 0.29) is 19.1 Å². The minimum absolute atomic E-state index is 0.273. The van der Waals surface area contributed by atoms with Gasteiger partial charge in [-0.25, -0.2) is 9.59 Å². The van der Waals surface area contributed by atoms with Crippen LogP contribution in [-0.2, 0) is 28.5 Å². The van der Waals surface area contributed by atoms with E-state index in [4.69, 9.17) is 23.7 Å². The van der Waals surface area contributed by atoms with Gasteiger partial charge in [-0.1, -0.05) is 0 Å². The molecule has 1 N–H and O–H groups in total. The molecule has 2 atom stereocenters. The van der Waals surface area contributed by atoms with Crippen LogP contribution in [0.2, 0.25) is 0 Å². The molecule has 2 saturated heterocycles. The van der Waals surface area contributed by atoms with Gasteiger partial charge in [0, 0.05) is 20.0 Å². The third-order valence-corrected chi connectivity index (χ3v) is 4.12. The van der Waals surface area contributed by atoms with Crippen molar-refractivity contribution in [3.63, 3.8) is 0 Å². The molecule has 0 aromatic carbocycles. The number of hydrogen-bond acceptors (Lipinski definition) is 9. The Morgan fingerprint density at radius 3 is 1.73 bits per heavy atom. The molecule has 0 aliphatic carbocycles. The lowest BCUT2D eigenvalue weighted by Gasteiger charge is -2.27. The van der Waals surface area contributed by atoms with E-state index in [9.17, 15) is 19.5 Å². The van der Waals surface area contributed by atoms with Crippen LogP contribution in [0.1, 0.15) is 48.5 Å². The van der Waals surface area contributed by atoms with E-state index in [0.29, 0.717) is 39.5 Å². The smallest absolute Gasteiger partial charge is 0.410 e. The lowest BCUT2D eigenvalue weighted by Crippen LogP contribution is -2.42. The molecule has 0 spiro atoms. The lowest BCUT2D eigenvalue weighted by molar-refractivity contribution is -0.149. The van der Waals surface area contributed by atoms with Crippen LogP contribution in [0, 0.1) is 0 Å². The quantitative estimate of drug-likeness (QED) is 0.445. The van der Waals surface area contributed by atoms with E-state index >= 15 is 0 Å². The predicted octanol–water partition coefficient (Wildman–Crippen LogP) is 1.80. The van der Waals surface area contributed by atoms with Gasteiger partial charge in [-0.2, -0.15) is 0 Å². The Morgan fingerprint density at radius 2 is 1.27 bits per heavy atom. The summed E-state index contributed by atoms with van der Waals surface area (Å²) in [6.45, 7) is 15.1. The summed E-state index contributed by atoms with van der Waals surface area (Å²) >= 11 is 0. The van der Waals surface area contributed by atoms with Crippen molar-refractivity contribution >= 4 is 18.2 Å². The third-order valence-electron chi connectivity index (χ3n) is 4.12. The molecule has 2 aliphatic heterocycles. The largest absolute Gasteiger partial charge is 0.458 e. The van der Waals surface area contributed by atoms with Crippen LogP contribution >= 0.6 is 0 Å². The zero-order valence-corrected chi connectivity index (χ0v) is 20.9. The van der Waals surface area contributed by atoms with Gasteiger partial charge in [-0.3, -0.25) is 4.79 Å². The van der Waals surface area contributed by atoms with E-state index in [0.717, 1.165) is 0 Å². The van der Waals surface area contributed by atoms with Crippen LogP contribution in [0.5, 0.6) is 0 Å². The SMILES string of the molecule is CC(=O)OC1COCCN(C(=O)OC(C)(C)C)C1.CC(C)(C)OC(=O)N1CCOCC(O)C1. The van der Waals surface area contributed by atoms with Crippen molar-refractivity contribution in [1.29, 1.82) is 0 Å². The first-order valence-corrected chi connectivity index (χ1v) is 11.1. The van der Waals surface area contributed by atoms with Gasteiger partial charge in [0.05, 0.1) is 45.6 Å². The molecular formula is C22H40N2O9. The molecule has 2 aliphatic rings. The van der Waals surface area contributed by atoms with Gasteiger partial charge >= 0.3 is 18.2 Å². The van der Waals surface area contributed by atoms with E-state index in [2.05, 4.69) is 0 Å². The molecule has 0 radical (unpaired) electrons. The van der Waals surface area contributed by atoms with Crippen molar-refractivity contribution in [2.24, 2.45) is 0 Å². The average molecular weight is 477 g/mol. The zero-order valence-electron chi connectivity index (χ0n) is 20.9. The number of aliphatic hydroxyl groups excluding tert-OH is 1. The van der Waals surface area contributed by atoms with Gasteiger partial charge < -0.3 is 38.6 Å². The molecular weight excluding hydrogens is 436 g/mol. The number of carbonyl (C=O) groups excluding carboxylic acids is 3. The number of rotatable bonds is 1. The molecule has 2 unspecified atom stereocenters. The van der Waals surface area contributed by atoms with E-state index in [1.54, 1.807) is 0 Å². The maximum absolute atomic E-state index is 11.9. The highest BCUT2D eigenvalue weighted by Gasteiger charge is 2.28. The molecule has 2 heterocycles. The number of aliphatic hydroxyl groups is 1. The molecule has 192 valence electrons. The average Bonchev–Trinajstić information content (AvgIpc) is 2.99. The molecule has 0 bridgehead atoms. The number of ether oxygens (including phenoxy) is 5. The molecule has 2 fully saturated rings. The monoisotopic (exact) mass is 476 g/mol. The highest BCUT2D eigenvalue weighted by atomic mass is 16.6. The minimum atomic E-state index is -0.625. The van der Waals surface area contributed by atoms with Gasteiger partial charge in [0.25, 0.3) is 0 Å². The third kappa shape index (κ3) is 13.2. The van der Waals surface area contributed by atoms with Crippen LogP contribution in [0.25, 0.3) is 0 Å². The first kappa shape index (κ1) is 28.9. The van der Waals surface area contributed by atoms with Crippen LogP contribution in [-0.4, -0.2) is 109 Å². The fourth-order valence-electron chi connectivity index (χ4n) is 2.86. The number of nitrogens with zero attached hydrogens (tertiary/aromatic N) is 2. The molecule has 33 heavy (non-hydrogen) atoms. The van der Waals surface area contributed by atoms with E-state index in [1.807, 2.05) is 41.5 Å². The number of carbonyl (C=O) groups is 3. The van der Waals surface area contributed by atoms with Crippen molar-refractivity contribution in [2.45, 2.75) is 71.9 Å². The van der Waals surface area contributed by atoms with Gasteiger partial charge in [0.15, 0.2) is 0 Å². The Hall–Kier alpha value is -2.11. The minimum Gasteiger partial charge on any atom is -0.458 e. The second kappa shape index (κ2) is 13.0. The fraction of sp³-hybridized carbons (Fsp3) is 0.864. The van der Waals surface area contributed by atoms with Crippen molar-refractivity contribution in [3.8, 4) is 0 Å². The summed E-state index contributed by atoms with van der Waals surface area (Å²) in [4.78, 5) is 37.5. The fourth-order valence-corrected chi connectivity index (χ4v) is 2.86. The Bertz CT molecular complexity index is 643. The van der Waals surface area contributed by atoms with Crippen LogP contribution in [0.3, 0.4) is 0 Å². The molecule has 11 heteroatoms. The van der Waals surface area contributed by atoms with Gasteiger partial charge in [-0.05, 0) is 41.5 Å².